The smallest absolute Gasteiger partial charge is 0.266 e. The van der Waals surface area contributed by atoms with Crippen molar-refractivity contribution in [1.29, 1.82) is 0 Å². The highest BCUT2D eigenvalue weighted by atomic mass is 16.6. The average molecular weight is 307 g/mol. The molecule has 1 spiro atoms. The fraction of sp³-hybridized carbons (Fsp3) is 0.667. The molecule has 2 atom stereocenters. The molecule has 0 radical (unpaired) electrons. The predicted octanol–water partition coefficient (Wildman–Crippen LogP) is 0.0398. The molecule has 0 N–H and O–H groups in total. The second kappa shape index (κ2) is 6.18. The van der Waals surface area contributed by atoms with Crippen molar-refractivity contribution in [3.8, 4) is 0 Å². The number of nitrogens with zero attached hydrogens (tertiary/aromatic N) is 3. The van der Waals surface area contributed by atoms with Gasteiger partial charge in [0.25, 0.3) is 5.56 Å². The van der Waals surface area contributed by atoms with E-state index in [0.717, 1.165) is 12.8 Å². The van der Waals surface area contributed by atoms with Crippen LogP contribution < -0.4 is 5.56 Å². The molecule has 7 heteroatoms. The molecule has 0 aliphatic carbocycles. The SMILES string of the molecule is CC(=O)N1CCOCC2(CCC(Cn3ncccc3=O)O2)C1. The molecular formula is C15H21N3O4. The second-order valence-corrected chi connectivity index (χ2v) is 6.00. The molecule has 3 rings (SSSR count). The highest BCUT2D eigenvalue weighted by Gasteiger charge is 2.43. The van der Waals surface area contributed by atoms with E-state index in [1.54, 1.807) is 24.1 Å². The number of amides is 1. The van der Waals surface area contributed by atoms with E-state index in [4.69, 9.17) is 9.47 Å². The third-order valence-electron chi connectivity index (χ3n) is 4.30. The minimum atomic E-state index is -0.453. The van der Waals surface area contributed by atoms with Crippen molar-refractivity contribution < 1.29 is 14.3 Å². The standard InChI is InChI=1S/C15H21N3O4/c1-12(19)17-7-8-21-11-15(10-17)5-4-13(22-15)9-18-14(20)3-2-6-16-18/h2-3,6,13H,4-5,7-11H2,1H3. The Morgan fingerprint density at radius 1 is 1.55 bits per heavy atom. The molecule has 1 aromatic rings. The number of ether oxygens (including phenoxy) is 2. The van der Waals surface area contributed by atoms with Crippen molar-refractivity contribution in [1.82, 2.24) is 14.7 Å². The lowest BCUT2D eigenvalue weighted by molar-refractivity contribution is -0.134. The Labute approximate surface area is 128 Å². The molecule has 7 nitrogen and oxygen atoms in total. The first-order chi connectivity index (χ1) is 10.6. The number of hydrogen-bond acceptors (Lipinski definition) is 5. The molecule has 1 aromatic heterocycles. The summed E-state index contributed by atoms with van der Waals surface area (Å²) in [6.07, 6.45) is 3.17. The minimum absolute atomic E-state index is 0.0397. The topological polar surface area (TPSA) is 73.7 Å². The Balaban J connectivity index is 1.69. The first-order valence-corrected chi connectivity index (χ1v) is 7.61. The molecule has 0 aromatic carbocycles. The number of aromatic nitrogens is 2. The van der Waals surface area contributed by atoms with Crippen molar-refractivity contribution >= 4 is 5.91 Å². The van der Waals surface area contributed by atoms with E-state index in [0.29, 0.717) is 32.8 Å². The molecule has 2 unspecified atom stereocenters. The van der Waals surface area contributed by atoms with Crippen LogP contribution in [0.2, 0.25) is 0 Å². The third-order valence-corrected chi connectivity index (χ3v) is 4.30. The summed E-state index contributed by atoms with van der Waals surface area (Å²) in [6.45, 7) is 4.18. The van der Waals surface area contributed by atoms with Gasteiger partial charge in [0.15, 0.2) is 0 Å². The van der Waals surface area contributed by atoms with Crippen LogP contribution in [0.15, 0.2) is 23.1 Å². The Hall–Kier alpha value is -1.73. The maximum absolute atomic E-state index is 11.7. The first kappa shape index (κ1) is 15.2. The summed E-state index contributed by atoms with van der Waals surface area (Å²) in [5, 5.41) is 4.07. The lowest BCUT2D eigenvalue weighted by Gasteiger charge is -2.31. The molecule has 120 valence electrons. The highest BCUT2D eigenvalue weighted by Crippen LogP contribution is 2.33. The Morgan fingerprint density at radius 3 is 3.18 bits per heavy atom. The van der Waals surface area contributed by atoms with Crippen LogP contribution in [0.25, 0.3) is 0 Å². The van der Waals surface area contributed by atoms with E-state index in [1.807, 2.05) is 0 Å². The second-order valence-electron chi connectivity index (χ2n) is 6.00. The zero-order valence-corrected chi connectivity index (χ0v) is 12.7. The molecule has 1 amide bonds. The monoisotopic (exact) mass is 307 g/mol. The van der Waals surface area contributed by atoms with Crippen LogP contribution in [-0.4, -0.2) is 58.6 Å². The maximum atomic E-state index is 11.7. The van der Waals surface area contributed by atoms with Gasteiger partial charge in [-0.3, -0.25) is 9.59 Å². The summed E-state index contributed by atoms with van der Waals surface area (Å²) in [5.41, 5.74) is -0.583. The van der Waals surface area contributed by atoms with Crippen molar-refractivity contribution in [3.63, 3.8) is 0 Å². The summed E-state index contributed by atoms with van der Waals surface area (Å²) in [5.74, 6) is 0.0397. The summed E-state index contributed by atoms with van der Waals surface area (Å²) >= 11 is 0. The predicted molar refractivity (Wildman–Crippen MR) is 78.4 cm³/mol. The van der Waals surface area contributed by atoms with Crippen LogP contribution >= 0.6 is 0 Å². The fourth-order valence-electron chi connectivity index (χ4n) is 3.14. The van der Waals surface area contributed by atoms with Gasteiger partial charge in [0, 0.05) is 25.7 Å². The van der Waals surface area contributed by atoms with Gasteiger partial charge in [-0.1, -0.05) is 0 Å². The van der Waals surface area contributed by atoms with Crippen LogP contribution in [0.3, 0.4) is 0 Å². The van der Waals surface area contributed by atoms with Gasteiger partial charge in [0.05, 0.1) is 32.4 Å². The first-order valence-electron chi connectivity index (χ1n) is 7.61. The lowest BCUT2D eigenvalue weighted by Crippen LogP contribution is -2.46. The minimum Gasteiger partial charge on any atom is -0.377 e. The van der Waals surface area contributed by atoms with Gasteiger partial charge in [-0.15, -0.1) is 0 Å². The van der Waals surface area contributed by atoms with Crippen LogP contribution in [0, 0.1) is 0 Å². The van der Waals surface area contributed by atoms with Crippen LogP contribution in [0.1, 0.15) is 19.8 Å². The van der Waals surface area contributed by atoms with Crippen molar-refractivity contribution in [3.05, 3.63) is 28.7 Å². The van der Waals surface area contributed by atoms with E-state index >= 15 is 0 Å². The number of hydrogen-bond donors (Lipinski definition) is 0. The molecule has 2 aliphatic heterocycles. The van der Waals surface area contributed by atoms with Gasteiger partial charge in [0.2, 0.25) is 5.91 Å². The van der Waals surface area contributed by atoms with E-state index in [1.165, 1.54) is 10.7 Å². The summed E-state index contributed by atoms with van der Waals surface area (Å²) in [4.78, 5) is 25.2. The molecule has 2 saturated heterocycles. The van der Waals surface area contributed by atoms with Gasteiger partial charge < -0.3 is 14.4 Å². The number of carbonyl (C=O) groups excluding carboxylic acids is 1. The van der Waals surface area contributed by atoms with Crippen molar-refractivity contribution in [2.24, 2.45) is 0 Å². The van der Waals surface area contributed by atoms with Crippen LogP contribution in [0.5, 0.6) is 0 Å². The Kier molecular flexibility index (Phi) is 4.26. The third kappa shape index (κ3) is 3.20. The quantitative estimate of drug-likeness (QED) is 0.771. The maximum Gasteiger partial charge on any atom is 0.266 e. The van der Waals surface area contributed by atoms with Gasteiger partial charge >= 0.3 is 0 Å². The van der Waals surface area contributed by atoms with Crippen LogP contribution in [0.4, 0.5) is 0 Å². The molecule has 3 heterocycles. The summed E-state index contributed by atoms with van der Waals surface area (Å²) < 4.78 is 13.2. The van der Waals surface area contributed by atoms with E-state index in [9.17, 15) is 9.59 Å². The molecule has 0 saturated carbocycles. The van der Waals surface area contributed by atoms with E-state index in [-0.39, 0.29) is 17.6 Å². The lowest BCUT2D eigenvalue weighted by atomic mass is 10.00. The van der Waals surface area contributed by atoms with Crippen LogP contribution in [-0.2, 0) is 20.8 Å². The van der Waals surface area contributed by atoms with Crippen molar-refractivity contribution in [2.75, 3.05) is 26.3 Å². The Bertz CT molecular complexity index is 602. The van der Waals surface area contributed by atoms with Gasteiger partial charge in [0.1, 0.15) is 5.60 Å². The molecule has 2 aliphatic rings. The van der Waals surface area contributed by atoms with Gasteiger partial charge in [-0.05, 0) is 18.9 Å². The molecule has 22 heavy (non-hydrogen) atoms. The molecular weight excluding hydrogens is 286 g/mol. The number of carbonyl (C=O) groups is 1. The zero-order valence-electron chi connectivity index (χ0n) is 12.7. The largest absolute Gasteiger partial charge is 0.377 e. The average Bonchev–Trinajstić information content (AvgIpc) is 2.74. The van der Waals surface area contributed by atoms with E-state index < -0.39 is 5.60 Å². The normalized spacial score (nSPS) is 28.8. The Morgan fingerprint density at radius 2 is 2.41 bits per heavy atom. The zero-order chi connectivity index (χ0) is 15.6. The highest BCUT2D eigenvalue weighted by molar-refractivity contribution is 5.73. The van der Waals surface area contributed by atoms with Crippen molar-refractivity contribution in [2.45, 2.75) is 38.0 Å². The summed E-state index contributed by atoms with van der Waals surface area (Å²) in [7, 11) is 0. The van der Waals surface area contributed by atoms with Gasteiger partial charge in [-0.2, -0.15) is 5.10 Å². The van der Waals surface area contributed by atoms with Gasteiger partial charge in [-0.25, -0.2) is 4.68 Å². The number of rotatable bonds is 2. The fourth-order valence-corrected chi connectivity index (χ4v) is 3.14. The summed E-state index contributed by atoms with van der Waals surface area (Å²) in [6, 6.07) is 3.11. The van der Waals surface area contributed by atoms with E-state index in [2.05, 4.69) is 5.10 Å². The molecule has 2 fully saturated rings. The molecule has 0 bridgehead atoms.